The molecule has 1 aromatic rings. The number of amides is 4. The number of hydrogen-bond acceptors (Lipinski definition) is 3. The molecule has 3 rings (SSSR count). The Morgan fingerprint density at radius 3 is 2.81 bits per heavy atom. The molecular weight excluding hydrogens is 270 g/mol. The predicted octanol–water partition coefficient (Wildman–Crippen LogP) is 0.644. The third-order valence-corrected chi connectivity index (χ3v) is 4.40. The van der Waals surface area contributed by atoms with Gasteiger partial charge >= 0.3 is 6.03 Å². The zero-order chi connectivity index (χ0) is 15.2. The second-order valence-corrected chi connectivity index (χ2v) is 5.60. The molecule has 6 heteroatoms. The highest BCUT2D eigenvalue weighted by molar-refractivity contribution is 6.10. The van der Waals surface area contributed by atoms with Crippen LogP contribution in [0.15, 0.2) is 24.3 Å². The van der Waals surface area contributed by atoms with Gasteiger partial charge in [-0.1, -0.05) is 24.3 Å². The van der Waals surface area contributed by atoms with Crippen LogP contribution in [0.4, 0.5) is 4.79 Å². The number of imide groups is 1. The number of hydrogen-bond donors (Lipinski definition) is 2. The van der Waals surface area contributed by atoms with Crippen LogP contribution in [0.1, 0.15) is 30.9 Å². The molecule has 6 nitrogen and oxygen atoms in total. The molecule has 1 aliphatic carbocycles. The summed E-state index contributed by atoms with van der Waals surface area (Å²) in [5.74, 6) is -1.08. The van der Waals surface area contributed by atoms with E-state index in [1.807, 2.05) is 24.3 Å². The summed E-state index contributed by atoms with van der Waals surface area (Å²) in [6.07, 6.45) is 2.23. The van der Waals surface area contributed by atoms with E-state index in [9.17, 15) is 14.4 Å². The lowest BCUT2D eigenvalue weighted by molar-refractivity contribution is -0.137. The van der Waals surface area contributed by atoms with Crippen molar-refractivity contribution in [3.05, 3.63) is 35.4 Å². The van der Waals surface area contributed by atoms with E-state index in [-0.39, 0.29) is 5.91 Å². The first kappa shape index (κ1) is 13.6. The highest BCUT2D eigenvalue weighted by Crippen LogP contribution is 2.40. The van der Waals surface area contributed by atoms with Gasteiger partial charge in [0.1, 0.15) is 11.6 Å². The number of nitrogens with one attached hydrogen (secondary N) is 1. The lowest BCUT2D eigenvalue weighted by atomic mass is 9.76. The second-order valence-electron chi connectivity index (χ2n) is 5.60. The van der Waals surface area contributed by atoms with E-state index in [0.29, 0.717) is 6.42 Å². The highest BCUT2D eigenvalue weighted by Gasteiger charge is 2.55. The van der Waals surface area contributed by atoms with E-state index in [1.54, 1.807) is 0 Å². The van der Waals surface area contributed by atoms with Gasteiger partial charge in [0.15, 0.2) is 0 Å². The molecular formula is C15H17N3O3. The summed E-state index contributed by atoms with van der Waals surface area (Å²) in [5, 5.41) is 2.79. The fourth-order valence-corrected chi connectivity index (χ4v) is 3.26. The topological polar surface area (TPSA) is 92.5 Å². The van der Waals surface area contributed by atoms with Crippen LogP contribution in [-0.2, 0) is 21.5 Å². The Labute approximate surface area is 122 Å². The van der Waals surface area contributed by atoms with Gasteiger partial charge in [-0.15, -0.1) is 0 Å². The normalized spacial score (nSPS) is 25.7. The first-order valence-corrected chi connectivity index (χ1v) is 7.01. The molecule has 2 atom stereocenters. The predicted molar refractivity (Wildman–Crippen MR) is 75.1 cm³/mol. The molecule has 0 aromatic heterocycles. The standard InChI is InChI=1S/C15H17N3O3/c1-9(12(16)19)18-13(20)15(17-14(18)21)8-4-6-10-5-2-3-7-11(10)15/h2-3,5,7,9H,4,6,8H2,1H3,(H2,16,19)(H,17,21)/t9-,15-/m0/s1. The molecule has 0 radical (unpaired) electrons. The summed E-state index contributed by atoms with van der Waals surface area (Å²) in [7, 11) is 0. The largest absolute Gasteiger partial charge is 0.368 e. The van der Waals surface area contributed by atoms with Crippen LogP contribution in [0.25, 0.3) is 0 Å². The van der Waals surface area contributed by atoms with Gasteiger partial charge in [0.25, 0.3) is 5.91 Å². The SMILES string of the molecule is C[C@@H](C(N)=O)N1C(=O)N[C@]2(CCCc3ccccc32)C1=O. The molecule has 4 amide bonds. The molecule has 0 saturated carbocycles. The minimum atomic E-state index is -1.05. The van der Waals surface area contributed by atoms with Crippen molar-refractivity contribution in [3.63, 3.8) is 0 Å². The lowest BCUT2D eigenvalue weighted by Crippen LogP contribution is -2.49. The number of carbonyl (C=O) groups excluding carboxylic acids is 3. The first-order valence-electron chi connectivity index (χ1n) is 7.01. The molecule has 3 N–H and O–H groups in total. The van der Waals surface area contributed by atoms with Crippen molar-refractivity contribution in [2.45, 2.75) is 37.8 Å². The highest BCUT2D eigenvalue weighted by atomic mass is 16.2. The molecule has 1 saturated heterocycles. The van der Waals surface area contributed by atoms with Gasteiger partial charge in [0.2, 0.25) is 5.91 Å². The Morgan fingerprint density at radius 1 is 1.38 bits per heavy atom. The van der Waals surface area contributed by atoms with E-state index in [0.717, 1.165) is 28.9 Å². The maximum atomic E-state index is 12.8. The molecule has 110 valence electrons. The third kappa shape index (κ3) is 1.82. The molecule has 1 spiro atoms. The van der Waals surface area contributed by atoms with Gasteiger partial charge in [0, 0.05) is 0 Å². The molecule has 0 bridgehead atoms. The minimum absolute atomic E-state index is 0.383. The Morgan fingerprint density at radius 2 is 2.10 bits per heavy atom. The molecule has 0 unspecified atom stereocenters. The van der Waals surface area contributed by atoms with Crippen LogP contribution in [0.3, 0.4) is 0 Å². The summed E-state index contributed by atoms with van der Waals surface area (Å²) >= 11 is 0. The fourth-order valence-electron chi connectivity index (χ4n) is 3.26. The zero-order valence-corrected chi connectivity index (χ0v) is 11.8. The average Bonchev–Trinajstić information content (AvgIpc) is 2.70. The van der Waals surface area contributed by atoms with Crippen molar-refractivity contribution in [1.82, 2.24) is 10.2 Å². The van der Waals surface area contributed by atoms with Crippen LogP contribution in [0, 0.1) is 0 Å². The first-order chi connectivity index (χ1) is 9.97. The number of aryl methyl sites for hydroxylation is 1. The number of rotatable bonds is 2. The van der Waals surface area contributed by atoms with Crippen LogP contribution in [0.5, 0.6) is 0 Å². The molecule has 1 heterocycles. The van der Waals surface area contributed by atoms with Crippen molar-refractivity contribution in [3.8, 4) is 0 Å². The smallest absolute Gasteiger partial charge is 0.326 e. The van der Waals surface area contributed by atoms with Crippen LogP contribution < -0.4 is 11.1 Å². The number of carbonyl (C=O) groups is 3. The molecule has 1 fully saturated rings. The van der Waals surface area contributed by atoms with Crippen molar-refractivity contribution in [1.29, 1.82) is 0 Å². The monoisotopic (exact) mass is 287 g/mol. The Bertz CT molecular complexity index is 643. The Kier molecular flexibility index (Phi) is 2.97. The molecule has 21 heavy (non-hydrogen) atoms. The number of nitrogens with zero attached hydrogens (tertiary/aromatic N) is 1. The third-order valence-electron chi connectivity index (χ3n) is 4.40. The van der Waals surface area contributed by atoms with Crippen LogP contribution in [0.2, 0.25) is 0 Å². The van der Waals surface area contributed by atoms with E-state index in [4.69, 9.17) is 5.73 Å². The van der Waals surface area contributed by atoms with Gasteiger partial charge in [-0.2, -0.15) is 0 Å². The van der Waals surface area contributed by atoms with E-state index >= 15 is 0 Å². The maximum Gasteiger partial charge on any atom is 0.326 e. The molecule has 2 aliphatic rings. The minimum Gasteiger partial charge on any atom is -0.368 e. The molecule has 1 aliphatic heterocycles. The quantitative estimate of drug-likeness (QED) is 0.782. The maximum absolute atomic E-state index is 12.8. The van der Waals surface area contributed by atoms with Gasteiger partial charge in [-0.05, 0) is 37.3 Å². The van der Waals surface area contributed by atoms with Crippen molar-refractivity contribution < 1.29 is 14.4 Å². The van der Waals surface area contributed by atoms with Gasteiger partial charge in [-0.25, -0.2) is 9.69 Å². The van der Waals surface area contributed by atoms with Crippen molar-refractivity contribution in [2.75, 3.05) is 0 Å². The summed E-state index contributed by atoms with van der Waals surface area (Å²) in [5.41, 5.74) is 6.08. The summed E-state index contributed by atoms with van der Waals surface area (Å²) < 4.78 is 0. The van der Waals surface area contributed by atoms with E-state index in [2.05, 4.69) is 5.32 Å². The summed E-state index contributed by atoms with van der Waals surface area (Å²) in [6.45, 7) is 1.47. The number of urea groups is 1. The average molecular weight is 287 g/mol. The van der Waals surface area contributed by atoms with Crippen LogP contribution >= 0.6 is 0 Å². The zero-order valence-electron chi connectivity index (χ0n) is 11.8. The molecule has 1 aromatic carbocycles. The summed E-state index contributed by atoms with van der Waals surface area (Å²) in [6, 6.07) is 6.10. The van der Waals surface area contributed by atoms with Crippen molar-refractivity contribution in [2.24, 2.45) is 5.73 Å². The summed E-state index contributed by atoms with van der Waals surface area (Å²) in [4.78, 5) is 37.3. The van der Waals surface area contributed by atoms with Gasteiger partial charge < -0.3 is 11.1 Å². The Balaban J connectivity index is 2.07. The number of primary amides is 1. The van der Waals surface area contributed by atoms with Crippen molar-refractivity contribution >= 4 is 17.8 Å². The van der Waals surface area contributed by atoms with E-state index in [1.165, 1.54) is 6.92 Å². The fraction of sp³-hybridized carbons (Fsp3) is 0.400. The van der Waals surface area contributed by atoms with Gasteiger partial charge in [0.05, 0.1) is 0 Å². The van der Waals surface area contributed by atoms with Crippen LogP contribution in [-0.4, -0.2) is 28.8 Å². The second kappa shape index (κ2) is 4.58. The lowest BCUT2D eigenvalue weighted by Gasteiger charge is -2.33. The van der Waals surface area contributed by atoms with E-state index < -0.39 is 23.5 Å². The van der Waals surface area contributed by atoms with Gasteiger partial charge in [-0.3, -0.25) is 9.59 Å². The number of fused-ring (bicyclic) bond motifs is 2. The number of benzene rings is 1. The number of nitrogens with two attached hydrogens (primary N) is 1. The Hall–Kier alpha value is -2.37.